The van der Waals surface area contributed by atoms with Crippen LogP contribution in [0.1, 0.15) is 16.2 Å². The molecule has 3 aromatic heterocycles. The minimum Gasteiger partial charge on any atom is -0.345 e. The fourth-order valence-electron chi connectivity index (χ4n) is 2.50. The van der Waals surface area contributed by atoms with E-state index in [2.05, 4.69) is 15.3 Å². The summed E-state index contributed by atoms with van der Waals surface area (Å²) in [5, 5.41) is 5.46. The lowest BCUT2D eigenvalue weighted by atomic mass is 10.2. The van der Waals surface area contributed by atoms with Crippen LogP contribution >= 0.6 is 22.9 Å². The van der Waals surface area contributed by atoms with Crippen molar-refractivity contribution in [3.63, 3.8) is 0 Å². The second kappa shape index (κ2) is 6.86. The Balaban J connectivity index is 1.47. The van der Waals surface area contributed by atoms with Gasteiger partial charge in [0.05, 0.1) is 17.3 Å². The Morgan fingerprint density at radius 3 is 2.88 bits per heavy atom. The van der Waals surface area contributed by atoms with Gasteiger partial charge in [0.1, 0.15) is 22.2 Å². The van der Waals surface area contributed by atoms with Crippen LogP contribution < -0.4 is 5.32 Å². The molecule has 26 heavy (non-hydrogen) atoms. The molecule has 1 aromatic carbocycles. The highest BCUT2D eigenvalue weighted by Crippen LogP contribution is 2.26. The van der Waals surface area contributed by atoms with E-state index in [4.69, 9.17) is 11.6 Å². The molecule has 0 saturated carbocycles. The number of nitrogens with one attached hydrogen (secondary N) is 1. The molecule has 0 fully saturated rings. The van der Waals surface area contributed by atoms with Gasteiger partial charge in [-0.05, 0) is 24.3 Å². The Labute approximate surface area is 157 Å². The number of pyridine rings is 1. The second-order valence-corrected chi connectivity index (χ2v) is 6.84. The number of imidazole rings is 1. The number of nitrogens with zero attached hydrogens (tertiary/aromatic N) is 3. The van der Waals surface area contributed by atoms with Gasteiger partial charge in [-0.2, -0.15) is 0 Å². The van der Waals surface area contributed by atoms with E-state index in [0.717, 1.165) is 5.65 Å². The smallest absolute Gasteiger partial charge is 0.271 e. The number of carbonyl (C=O) groups is 1. The van der Waals surface area contributed by atoms with Gasteiger partial charge in [-0.1, -0.05) is 23.7 Å². The Morgan fingerprint density at radius 1 is 1.19 bits per heavy atom. The zero-order valence-electron chi connectivity index (χ0n) is 13.3. The molecule has 0 aliphatic heterocycles. The third kappa shape index (κ3) is 3.31. The third-order valence-electron chi connectivity index (χ3n) is 3.74. The van der Waals surface area contributed by atoms with Crippen molar-refractivity contribution in [1.82, 2.24) is 19.7 Å². The van der Waals surface area contributed by atoms with Gasteiger partial charge in [-0.25, -0.2) is 14.4 Å². The van der Waals surface area contributed by atoms with Crippen molar-refractivity contribution in [2.45, 2.75) is 6.54 Å². The van der Waals surface area contributed by atoms with E-state index in [0.29, 0.717) is 21.3 Å². The second-order valence-electron chi connectivity index (χ2n) is 5.55. The van der Waals surface area contributed by atoms with Crippen LogP contribution in [0.15, 0.2) is 54.2 Å². The largest absolute Gasteiger partial charge is 0.345 e. The van der Waals surface area contributed by atoms with Crippen LogP contribution in [0.2, 0.25) is 5.02 Å². The van der Waals surface area contributed by atoms with E-state index in [1.54, 1.807) is 52.5 Å². The van der Waals surface area contributed by atoms with Crippen molar-refractivity contribution >= 4 is 34.5 Å². The lowest BCUT2D eigenvalue weighted by Crippen LogP contribution is -2.23. The maximum atomic E-state index is 13.8. The molecule has 0 unspecified atom stereocenters. The van der Waals surface area contributed by atoms with Crippen molar-refractivity contribution in [3.05, 3.63) is 76.4 Å². The average molecular weight is 387 g/mol. The molecule has 0 aliphatic carbocycles. The molecule has 1 amide bonds. The van der Waals surface area contributed by atoms with E-state index in [-0.39, 0.29) is 24.0 Å². The minimum atomic E-state index is -0.364. The van der Waals surface area contributed by atoms with E-state index in [9.17, 15) is 9.18 Å². The topological polar surface area (TPSA) is 59.3 Å². The monoisotopic (exact) mass is 386 g/mol. The molecular weight excluding hydrogens is 375 g/mol. The number of carbonyl (C=O) groups excluding carboxylic acids is 1. The summed E-state index contributed by atoms with van der Waals surface area (Å²) in [5.41, 5.74) is 2.08. The Bertz CT molecular complexity index is 1110. The molecule has 0 aliphatic rings. The van der Waals surface area contributed by atoms with Crippen LogP contribution in [0.3, 0.4) is 0 Å². The van der Waals surface area contributed by atoms with Crippen LogP contribution in [0, 0.1) is 5.82 Å². The summed E-state index contributed by atoms with van der Waals surface area (Å²) in [5.74, 6) is -0.698. The minimum absolute atomic E-state index is 0.250. The number of benzene rings is 1. The quantitative estimate of drug-likeness (QED) is 0.572. The van der Waals surface area contributed by atoms with Gasteiger partial charge in [-0.15, -0.1) is 11.3 Å². The zero-order chi connectivity index (χ0) is 18.1. The Kier molecular flexibility index (Phi) is 4.40. The highest BCUT2D eigenvalue weighted by atomic mass is 35.5. The summed E-state index contributed by atoms with van der Waals surface area (Å²) in [4.78, 5) is 20.9. The number of aromatic nitrogens is 3. The first kappa shape index (κ1) is 16.7. The van der Waals surface area contributed by atoms with Gasteiger partial charge in [0.25, 0.3) is 5.91 Å². The standard InChI is InChI=1S/C18H12ClFN4OS/c19-11-5-6-16-22-12(9-24(16)8-11)7-21-17(25)15-10-26-18(23-15)13-3-1-2-4-14(13)20/h1-6,8-10H,7H2,(H,21,25). The maximum absolute atomic E-state index is 13.8. The fourth-order valence-corrected chi connectivity index (χ4v) is 3.49. The lowest BCUT2D eigenvalue weighted by molar-refractivity contribution is 0.0946. The molecule has 8 heteroatoms. The highest BCUT2D eigenvalue weighted by molar-refractivity contribution is 7.13. The van der Waals surface area contributed by atoms with E-state index < -0.39 is 0 Å². The summed E-state index contributed by atoms with van der Waals surface area (Å²) < 4.78 is 15.6. The highest BCUT2D eigenvalue weighted by Gasteiger charge is 2.14. The van der Waals surface area contributed by atoms with E-state index in [1.807, 2.05) is 0 Å². The summed E-state index contributed by atoms with van der Waals surface area (Å²) in [6.45, 7) is 0.255. The summed E-state index contributed by atoms with van der Waals surface area (Å²) >= 11 is 7.17. The number of fused-ring (bicyclic) bond motifs is 1. The lowest BCUT2D eigenvalue weighted by Gasteiger charge is -2.00. The summed E-state index contributed by atoms with van der Waals surface area (Å²) in [7, 11) is 0. The van der Waals surface area contributed by atoms with Crippen LogP contribution in [-0.4, -0.2) is 20.3 Å². The van der Waals surface area contributed by atoms with Gasteiger partial charge >= 0.3 is 0 Å². The molecule has 130 valence electrons. The number of rotatable bonds is 4. The van der Waals surface area contributed by atoms with Gasteiger partial charge in [0, 0.05) is 23.3 Å². The van der Waals surface area contributed by atoms with Crippen molar-refractivity contribution in [3.8, 4) is 10.6 Å². The molecular formula is C18H12ClFN4OS. The van der Waals surface area contributed by atoms with E-state index in [1.165, 1.54) is 17.4 Å². The van der Waals surface area contributed by atoms with Crippen LogP contribution in [0.4, 0.5) is 4.39 Å². The Morgan fingerprint density at radius 2 is 2.04 bits per heavy atom. The molecule has 0 bridgehead atoms. The Hall–Kier alpha value is -2.77. The van der Waals surface area contributed by atoms with Crippen molar-refractivity contribution in [2.75, 3.05) is 0 Å². The predicted octanol–water partition coefficient (Wildman–Crippen LogP) is 4.18. The SMILES string of the molecule is O=C(NCc1cn2cc(Cl)ccc2n1)c1csc(-c2ccccc2F)n1. The number of halogens is 2. The number of hydrogen-bond donors (Lipinski definition) is 1. The predicted molar refractivity (Wildman–Crippen MR) is 98.9 cm³/mol. The molecule has 4 aromatic rings. The summed E-state index contributed by atoms with van der Waals surface area (Å²) in [6.07, 6.45) is 3.55. The molecule has 0 spiro atoms. The van der Waals surface area contributed by atoms with Crippen molar-refractivity contribution in [2.24, 2.45) is 0 Å². The molecule has 0 atom stereocenters. The molecule has 1 N–H and O–H groups in total. The molecule has 5 nitrogen and oxygen atoms in total. The molecule has 0 radical (unpaired) electrons. The first-order valence-corrected chi connectivity index (χ1v) is 8.98. The summed E-state index contributed by atoms with van der Waals surface area (Å²) in [6, 6.07) is 9.90. The van der Waals surface area contributed by atoms with Crippen LogP contribution in [0.5, 0.6) is 0 Å². The number of thiazole rings is 1. The molecule has 4 rings (SSSR count). The first-order chi connectivity index (χ1) is 12.6. The molecule has 3 heterocycles. The maximum Gasteiger partial charge on any atom is 0.271 e. The normalized spacial score (nSPS) is 11.0. The van der Waals surface area contributed by atoms with Gasteiger partial charge in [0.15, 0.2) is 0 Å². The zero-order valence-corrected chi connectivity index (χ0v) is 14.9. The van der Waals surface area contributed by atoms with Gasteiger partial charge in [-0.3, -0.25) is 4.79 Å². The van der Waals surface area contributed by atoms with E-state index >= 15 is 0 Å². The average Bonchev–Trinajstić information content (AvgIpc) is 3.26. The number of hydrogen-bond acceptors (Lipinski definition) is 4. The van der Waals surface area contributed by atoms with Gasteiger partial charge in [0.2, 0.25) is 0 Å². The van der Waals surface area contributed by atoms with Gasteiger partial charge < -0.3 is 9.72 Å². The number of amides is 1. The molecule has 0 saturated heterocycles. The van der Waals surface area contributed by atoms with Crippen molar-refractivity contribution in [1.29, 1.82) is 0 Å². The van der Waals surface area contributed by atoms with Crippen molar-refractivity contribution < 1.29 is 9.18 Å². The first-order valence-electron chi connectivity index (χ1n) is 7.72. The fraction of sp³-hybridized carbons (Fsp3) is 0.0556. The van der Waals surface area contributed by atoms with Crippen LogP contribution in [0.25, 0.3) is 16.2 Å². The third-order valence-corrected chi connectivity index (χ3v) is 4.84. The van der Waals surface area contributed by atoms with Crippen LogP contribution in [-0.2, 0) is 6.54 Å².